The van der Waals surface area contributed by atoms with E-state index in [1.807, 2.05) is 0 Å². The number of halogens is 1. The summed E-state index contributed by atoms with van der Waals surface area (Å²) in [4.78, 5) is 36.5. The highest BCUT2D eigenvalue weighted by Gasteiger charge is 2.33. The number of nitrogens with zero attached hydrogens (tertiary/aromatic N) is 2. The first-order chi connectivity index (χ1) is 13.3. The smallest absolute Gasteiger partial charge is 0.269 e. The molecule has 0 bridgehead atoms. The minimum absolute atomic E-state index is 0.0837. The van der Waals surface area contributed by atoms with Gasteiger partial charge in [0.05, 0.1) is 9.83 Å². The SMILES string of the molecule is O=C(CN1C(=O)/C(=C/c2ccccc2Cl)SC1=S)Nc1ccc([N+](=O)[O-])cc1. The predicted molar refractivity (Wildman–Crippen MR) is 113 cm³/mol. The lowest BCUT2D eigenvalue weighted by molar-refractivity contribution is -0.384. The van der Waals surface area contributed by atoms with Gasteiger partial charge in [-0.2, -0.15) is 0 Å². The fourth-order valence-electron chi connectivity index (χ4n) is 2.38. The lowest BCUT2D eigenvalue weighted by Gasteiger charge is -2.14. The van der Waals surface area contributed by atoms with Crippen LogP contribution in [-0.2, 0) is 9.59 Å². The zero-order valence-corrected chi connectivity index (χ0v) is 16.5. The molecule has 7 nitrogen and oxygen atoms in total. The van der Waals surface area contributed by atoms with Gasteiger partial charge in [0.1, 0.15) is 10.9 Å². The third-order valence-electron chi connectivity index (χ3n) is 3.73. The Bertz CT molecular complexity index is 1010. The van der Waals surface area contributed by atoms with Gasteiger partial charge in [0.2, 0.25) is 5.91 Å². The molecule has 28 heavy (non-hydrogen) atoms. The number of rotatable bonds is 5. The van der Waals surface area contributed by atoms with E-state index in [9.17, 15) is 19.7 Å². The van der Waals surface area contributed by atoms with Crippen LogP contribution in [0.3, 0.4) is 0 Å². The first-order valence-corrected chi connectivity index (χ1v) is 9.49. The van der Waals surface area contributed by atoms with Crippen LogP contribution in [0.1, 0.15) is 5.56 Å². The van der Waals surface area contributed by atoms with Crippen molar-refractivity contribution in [2.45, 2.75) is 0 Å². The Labute approximate surface area is 174 Å². The number of anilines is 1. The van der Waals surface area contributed by atoms with Crippen molar-refractivity contribution in [2.75, 3.05) is 11.9 Å². The van der Waals surface area contributed by atoms with Crippen molar-refractivity contribution in [1.29, 1.82) is 0 Å². The number of nitro groups is 1. The minimum atomic E-state index is -0.531. The summed E-state index contributed by atoms with van der Waals surface area (Å²) in [5.74, 6) is -0.849. The Hall–Kier alpha value is -2.75. The second kappa shape index (κ2) is 8.51. The molecule has 2 aromatic carbocycles. The Balaban J connectivity index is 1.68. The van der Waals surface area contributed by atoms with Crippen LogP contribution in [0.4, 0.5) is 11.4 Å². The summed E-state index contributed by atoms with van der Waals surface area (Å²) < 4.78 is 0.266. The third-order valence-corrected chi connectivity index (χ3v) is 5.45. The molecule has 0 radical (unpaired) electrons. The highest BCUT2D eigenvalue weighted by Crippen LogP contribution is 2.33. The molecule has 2 amide bonds. The van der Waals surface area contributed by atoms with Gasteiger partial charge in [0.15, 0.2) is 0 Å². The largest absolute Gasteiger partial charge is 0.325 e. The monoisotopic (exact) mass is 433 g/mol. The van der Waals surface area contributed by atoms with E-state index in [1.54, 1.807) is 30.3 Å². The molecule has 0 aromatic heterocycles. The van der Waals surface area contributed by atoms with Crippen LogP contribution in [0.25, 0.3) is 6.08 Å². The molecular weight excluding hydrogens is 422 g/mol. The standard InChI is InChI=1S/C18H12ClN3O4S2/c19-14-4-2-1-3-11(14)9-15-17(24)21(18(27)28-15)10-16(23)20-12-5-7-13(8-6-12)22(25)26/h1-9H,10H2,(H,20,23)/b15-9-. The third kappa shape index (κ3) is 4.56. The summed E-state index contributed by atoms with van der Waals surface area (Å²) in [6, 6.07) is 12.5. The molecule has 142 valence electrons. The normalized spacial score (nSPS) is 15.2. The zero-order chi connectivity index (χ0) is 20.3. The van der Waals surface area contributed by atoms with Gasteiger partial charge in [-0.05, 0) is 29.8 Å². The molecule has 1 fully saturated rings. The highest BCUT2D eigenvalue weighted by molar-refractivity contribution is 8.26. The van der Waals surface area contributed by atoms with Crippen LogP contribution < -0.4 is 5.32 Å². The number of carbonyl (C=O) groups excluding carboxylic acids is 2. The summed E-state index contributed by atoms with van der Waals surface area (Å²) in [5.41, 5.74) is 0.979. The van der Waals surface area contributed by atoms with Crippen molar-refractivity contribution < 1.29 is 14.5 Å². The van der Waals surface area contributed by atoms with Crippen LogP contribution in [0.15, 0.2) is 53.4 Å². The van der Waals surface area contributed by atoms with E-state index in [2.05, 4.69) is 5.32 Å². The van der Waals surface area contributed by atoms with Gasteiger partial charge in [0.25, 0.3) is 11.6 Å². The number of benzene rings is 2. The second-order valence-corrected chi connectivity index (χ2v) is 7.72. The van der Waals surface area contributed by atoms with Gasteiger partial charge in [-0.15, -0.1) is 0 Å². The van der Waals surface area contributed by atoms with E-state index in [0.717, 1.165) is 11.8 Å². The van der Waals surface area contributed by atoms with Crippen molar-refractivity contribution in [1.82, 2.24) is 4.90 Å². The van der Waals surface area contributed by atoms with Gasteiger partial charge in [-0.25, -0.2) is 0 Å². The topological polar surface area (TPSA) is 92.6 Å². The van der Waals surface area contributed by atoms with Gasteiger partial charge < -0.3 is 5.32 Å². The Kier molecular flexibility index (Phi) is 6.08. The summed E-state index contributed by atoms with van der Waals surface area (Å²) in [7, 11) is 0. The molecule has 1 aliphatic rings. The molecule has 1 N–H and O–H groups in total. The maximum Gasteiger partial charge on any atom is 0.269 e. The fraction of sp³-hybridized carbons (Fsp3) is 0.0556. The number of non-ortho nitro benzene ring substituents is 1. The van der Waals surface area contributed by atoms with Crippen LogP contribution in [-0.4, -0.2) is 32.5 Å². The summed E-state index contributed by atoms with van der Waals surface area (Å²) in [6.07, 6.45) is 1.63. The number of amides is 2. The average Bonchev–Trinajstić information content (AvgIpc) is 2.91. The van der Waals surface area contributed by atoms with E-state index in [1.165, 1.54) is 29.2 Å². The molecule has 1 heterocycles. The molecule has 0 aliphatic carbocycles. The van der Waals surface area contributed by atoms with Gasteiger partial charge in [-0.3, -0.25) is 24.6 Å². The van der Waals surface area contributed by atoms with Crippen molar-refractivity contribution in [3.8, 4) is 0 Å². The average molecular weight is 434 g/mol. The Morgan fingerprint density at radius 3 is 2.57 bits per heavy atom. The molecule has 2 aromatic rings. The maximum absolute atomic E-state index is 12.6. The molecule has 0 saturated carbocycles. The van der Waals surface area contributed by atoms with Gasteiger partial charge >= 0.3 is 0 Å². The Morgan fingerprint density at radius 2 is 1.93 bits per heavy atom. The van der Waals surface area contributed by atoms with Crippen LogP contribution >= 0.6 is 35.6 Å². The summed E-state index contributed by atoms with van der Waals surface area (Å²) in [5, 5.41) is 13.8. The van der Waals surface area contributed by atoms with Crippen molar-refractivity contribution >= 4 is 69.2 Å². The van der Waals surface area contributed by atoms with E-state index < -0.39 is 10.8 Å². The summed E-state index contributed by atoms with van der Waals surface area (Å²) >= 11 is 12.4. The second-order valence-electron chi connectivity index (χ2n) is 5.64. The van der Waals surface area contributed by atoms with Crippen molar-refractivity contribution in [3.05, 3.63) is 74.1 Å². The number of hydrogen-bond acceptors (Lipinski definition) is 6. The number of hydrogen-bond donors (Lipinski definition) is 1. The van der Waals surface area contributed by atoms with Crippen molar-refractivity contribution in [2.24, 2.45) is 0 Å². The molecule has 3 rings (SSSR count). The lowest BCUT2D eigenvalue weighted by atomic mass is 10.2. The van der Waals surface area contributed by atoms with Crippen molar-refractivity contribution in [3.63, 3.8) is 0 Å². The maximum atomic E-state index is 12.6. The van der Waals surface area contributed by atoms with E-state index >= 15 is 0 Å². The number of carbonyl (C=O) groups is 2. The molecule has 1 saturated heterocycles. The van der Waals surface area contributed by atoms with Crippen LogP contribution in [0, 0.1) is 10.1 Å². The molecule has 0 unspecified atom stereocenters. The first kappa shape index (κ1) is 20.0. The van der Waals surface area contributed by atoms with Gasteiger partial charge in [0, 0.05) is 22.8 Å². The van der Waals surface area contributed by atoms with E-state index in [-0.39, 0.29) is 22.5 Å². The van der Waals surface area contributed by atoms with E-state index in [0.29, 0.717) is 21.2 Å². The molecular formula is C18H12ClN3O4S2. The molecule has 1 aliphatic heterocycles. The molecule has 0 spiro atoms. The number of nitrogens with one attached hydrogen (secondary N) is 1. The quantitative estimate of drug-likeness (QED) is 0.330. The fourth-order valence-corrected chi connectivity index (χ4v) is 3.82. The van der Waals surface area contributed by atoms with Gasteiger partial charge in [-0.1, -0.05) is 53.8 Å². The van der Waals surface area contributed by atoms with E-state index in [4.69, 9.17) is 23.8 Å². The molecule has 0 atom stereocenters. The lowest BCUT2D eigenvalue weighted by Crippen LogP contribution is -2.36. The predicted octanol–water partition coefficient (Wildman–Crippen LogP) is 4.09. The minimum Gasteiger partial charge on any atom is -0.325 e. The van der Waals surface area contributed by atoms with Crippen LogP contribution in [0.5, 0.6) is 0 Å². The summed E-state index contributed by atoms with van der Waals surface area (Å²) in [6.45, 7) is -0.262. The number of thiocarbonyl (C=S) groups is 1. The Morgan fingerprint density at radius 1 is 1.25 bits per heavy atom. The first-order valence-electron chi connectivity index (χ1n) is 7.89. The zero-order valence-electron chi connectivity index (χ0n) is 14.1. The highest BCUT2D eigenvalue weighted by atomic mass is 35.5. The molecule has 10 heteroatoms. The van der Waals surface area contributed by atoms with Crippen LogP contribution in [0.2, 0.25) is 5.02 Å². The number of thioether (sulfide) groups is 1. The number of nitro benzene ring substituents is 1.